The van der Waals surface area contributed by atoms with Crippen LogP contribution in [-0.2, 0) is 15.5 Å². The van der Waals surface area contributed by atoms with Crippen molar-refractivity contribution >= 4 is 10.8 Å². The average molecular weight is 289 g/mol. The first-order chi connectivity index (χ1) is 9.00. The molecule has 3 atom stereocenters. The van der Waals surface area contributed by atoms with Crippen LogP contribution in [0.4, 0.5) is 0 Å². The van der Waals surface area contributed by atoms with Gasteiger partial charge in [0.1, 0.15) is 0 Å². The van der Waals surface area contributed by atoms with E-state index in [1.54, 1.807) is 7.11 Å². The fourth-order valence-corrected chi connectivity index (χ4v) is 4.80. The van der Waals surface area contributed by atoms with Crippen LogP contribution in [0.1, 0.15) is 52.9 Å². The minimum atomic E-state index is -0.731. The van der Waals surface area contributed by atoms with E-state index in [2.05, 4.69) is 26.1 Å². The van der Waals surface area contributed by atoms with E-state index in [0.717, 1.165) is 44.6 Å². The lowest BCUT2D eigenvalue weighted by Gasteiger charge is -2.40. The number of nitrogens with one attached hydrogen (secondary N) is 1. The molecule has 0 spiro atoms. The molecule has 1 saturated carbocycles. The summed E-state index contributed by atoms with van der Waals surface area (Å²) in [5, 5.41) is 3.92. The first-order valence-electron chi connectivity index (χ1n) is 7.59. The molecule has 0 heterocycles. The van der Waals surface area contributed by atoms with Crippen LogP contribution < -0.4 is 5.32 Å². The SMILES string of the molecule is CCCNC1CCC(C)(C)CC1S(=O)CCCOC. The zero-order chi connectivity index (χ0) is 14.3. The third-order valence-corrected chi connectivity index (χ3v) is 5.88. The number of methoxy groups -OCH3 is 1. The molecule has 1 rings (SSSR count). The molecule has 4 heteroatoms. The monoisotopic (exact) mass is 289 g/mol. The van der Waals surface area contributed by atoms with Gasteiger partial charge in [0.25, 0.3) is 0 Å². The predicted octanol–water partition coefficient (Wildman–Crippen LogP) is 2.72. The van der Waals surface area contributed by atoms with Gasteiger partial charge >= 0.3 is 0 Å². The van der Waals surface area contributed by atoms with Crippen LogP contribution in [0.2, 0.25) is 0 Å². The van der Waals surface area contributed by atoms with E-state index >= 15 is 0 Å². The Morgan fingerprint density at radius 2 is 2.16 bits per heavy atom. The van der Waals surface area contributed by atoms with Gasteiger partial charge in [-0.25, -0.2) is 0 Å². The molecule has 0 aromatic rings. The van der Waals surface area contributed by atoms with Crippen LogP contribution in [0, 0.1) is 5.41 Å². The van der Waals surface area contributed by atoms with E-state index in [0.29, 0.717) is 16.7 Å². The molecular formula is C15H31NO2S. The maximum atomic E-state index is 12.5. The van der Waals surface area contributed by atoms with Gasteiger partial charge in [-0.1, -0.05) is 20.8 Å². The molecule has 0 radical (unpaired) electrons. The lowest BCUT2D eigenvalue weighted by atomic mass is 9.75. The van der Waals surface area contributed by atoms with E-state index in [1.165, 1.54) is 6.42 Å². The summed E-state index contributed by atoms with van der Waals surface area (Å²) >= 11 is 0. The molecule has 0 saturated heterocycles. The highest BCUT2D eigenvalue weighted by Crippen LogP contribution is 2.37. The summed E-state index contributed by atoms with van der Waals surface area (Å²) in [7, 11) is 0.976. The van der Waals surface area contributed by atoms with Crippen LogP contribution in [0.15, 0.2) is 0 Å². The molecule has 1 N–H and O–H groups in total. The normalized spacial score (nSPS) is 28.2. The Hall–Kier alpha value is 0.0700. The van der Waals surface area contributed by atoms with Crippen LogP contribution in [-0.4, -0.2) is 41.5 Å². The fraction of sp³-hybridized carbons (Fsp3) is 1.00. The van der Waals surface area contributed by atoms with Crippen molar-refractivity contribution < 1.29 is 8.95 Å². The van der Waals surface area contributed by atoms with E-state index in [4.69, 9.17) is 4.74 Å². The van der Waals surface area contributed by atoms with Crippen LogP contribution >= 0.6 is 0 Å². The van der Waals surface area contributed by atoms with E-state index < -0.39 is 10.8 Å². The molecule has 114 valence electrons. The van der Waals surface area contributed by atoms with Crippen molar-refractivity contribution in [1.29, 1.82) is 0 Å². The third kappa shape index (κ3) is 5.92. The molecule has 0 bridgehead atoms. The second kappa shape index (κ2) is 8.38. The first kappa shape index (κ1) is 17.1. The molecule has 3 nitrogen and oxygen atoms in total. The van der Waals surface area contributed by atoms with E-state index in [9.17, 15) is 4.21 Å². The van der Waals surface area contributed by atoms with Gasteiger partial charge in [-0.05, 0) is 44.1 Å². The Labute approximate surface area is 121 Å². The largest absolute Gasteiger partial charge is 0.385 e. The third-order valence-electron chi connectivity index (χ3n) is 4.02. The van der Waals surface area contributed by atoms with Crippen molar-refractivity contribution in [2.75, 3.05) is 26.0 Å². The van der Waals surface area contributed by atoms with Crippen molar-refractivity contribution in [2.24, 2.45) is 5.41 Å². The molecule has 0 aliphatic heterocycles. The molecule has 19 heavy (non-hydrogen) atoms. The summed E-state index contributed by atoms with van der Waals surface area (Å²) in [5.74, 6) is 0.777. The number of ether oxygens (including phenoxy) is 1. The van der Waals surface area contributed by atoms with Crippen LogP contribution in [0.3, 0.4) is 0 Å². The first-order valence-corrected chi connectivity index (χ1v) is 8.98. The van der Waals surface area contributed by atoms with Gasteiger partial charge in [0.2, 0.25) is 0 Å². The van der Waals surface area contributed by atoms with Gasteiger partial charge in [0, 0.05) is 36.3 Å². The summed E-state index contributed by atoms with van der Waals surface area (Å²) in [5.41, 5.74) is 0.339. The predicted molar refractivity (Wildman–Crippen MR) is 83.0 cm³/mol. The molecule has 1 fully saturated rings. The topological polar surface area (TPSA) is 38.3 Å². The minimum Gasteiger partial charge on any atom is -0.385 e. The molecule has 0 aromatic heterocycles. The molecule has 0 amide bonds. The van der Waals surface area contributed by atoms with Gasteiger partial charge in [-0.2, -0.15) is 0 Å². The van der Waals surface area contributed by atoms with Gasteiger partial charge < -0.3 is 10.1 Å². The fourth-order valence-electron chi connectivity index (χ4n) is 2.86. The minimum absolute atomic E-state index is 0.312. The molecule has 3 unspecified atom stereocenters. The Morgan fingerprint density at radius 1 is 1.42 bits per heavy atom. The number of hydrogen-bond donors (Lipinski definition) is 1. The van der Waals surface area contributed by atoms with Crippen molar-refractivity contribution in [3.63, 3.8) is 0 Å². The Balaban J connectivity index is 2.57. The number of rotatable bonds is 8. The smallest absolute Gasteiger partial charge is 0.0506 e. The summed E-state index contributed by atoms with van der Waals surface area (Å²) < 4.78 is 17.6. The summed E-state index contributed by atoms with van der Waals surface area (Å²) in [6.45, 7) is 8.56. The second-order valence-corrected chi connectivity index (χ2v) is 8.21. The standard InChI is InChI=1S/C15H31NO2S/c1-5-9-16-13-7-8-15(2,3)12-14(13)19(17)11-6-10-18-4/h13-14,16H,5-12H2,1-4H3. The van der Waals surface area contributed by atoms with Gasteiger partial charge in [0.05, 0.1) is 5.25 Å². The lowest BCUT2D eigenvalue weighted by Crippen LogP contribution is -2.49. The lowest BCUT2D eigenvalue weighted by molar-refractivity contribution is 0.198. The van der Waals surface area contributed by atoms with Gasteiger partial charge in [0.15, 0.2) is 0 Å². The zero-order valence-corrected chi connectivity index (χ0v) is 13.9. The van der Waals surface area contributed by atoms with Crippen molar-refractivity contribution in [3.05, 3.63) is 0 Å². The van der Waals surface area contributed by atoms with E-state index in [1.807, 2.05) is 0 Å². The van der Waals surface area contributed by atoms with E-state index in [-0.39, 0.29) is 0 Å². The van der Waals surface area contributed by atoms with Gasteiger partial charge in [-0.15, -0.1) is 0 Å². The Morgan fingerprint density at radius 3 is 2.79 bits per heavy atom. The van der Waals surface area contributed by atoms with Crippen LogP contribution in [0.5, 0.6) is 0 Å². The van der Waals surface area contributed by atoms with Crippen molar-refractivity contribution in [1.82, 2.24) is 5.32 Å². The summed E-state index contributed by atoms with van der Waals surface area (Å²) in [4.78, 5) is 0. The maximum Gasteiger partial charge on any atom is 0.0506 e. The van der Waals surface area contributed by atoms with Crippen molar-refractivity contribution in [3.8, 4) is 0 Å². The number of hydrogen-bond acceptors (Lipinski definition) is 3. The molecule has 1 aliphatic carbocycles. The van der Waals surface area contributed by atoms with Crippen molar-refractivity contribution in [2.45, 2.75) is 64.2 Å². The average Bonchev–Trinajstić information content (AvgIpc) is 2.37. The maximum absolute atomic E-state index is 12.5. The van der Waals surface area contributed by atoms with Gasteiger partial charge in [-0.3, -0.25) is 4.21 Å². The molecule has 0 aromatic carbocycles. The Kier molecular flexibility index (Phi) is 7.55. The quantitative estimate of drug-likeness (QED) is 0.698. The highest BCUT2D eigenvalue weighted by Gasteiger charge is 2.37. The summed E-state index contributed by atoms with van der Waals surface area (Å²) in [6.07, 6.45) is 5.52. The summed E-state index contributed by atoms with van der Waals surface area (Å²) in [6, 6.07) is 0.441. The highest BCUT2D eigenvalue weighted by atomic mass is 32.2. The molecular weight excluding hydrogens is 258 g/mol. The second-order valence-electron chi connectivity index (χ2n) is 6.44. The highest BCUT2D eigenvalue weighted by molar-refractivity contribution is 7.85. The Bertz CT molecular complexity index is 281. The molecule has 1 aliphatic rings. The zero-order valence-electron chi connectivity index (χ0n) is 13.0. The van der Waals surface area contributed by atoms with Crippen LogP contribution in [0.25, 0.3) is 0 Å².